The van der Waals surface area contributed by atoms with Crippen LogP contribution in [0.2, 0.25) is 0 Å². The maximum absolute atomic E-state index is 13.2. The smallest absolute Gasteiger partial charge is 0.328 e. The van der Waals surface area contributed by atoms with Gasteiger partial charge in [0.05, 0.1) is 13.2 Å². The van der Waals surface area contributed by atoms with E-state index in [0.717, 1.165) is 44.9 Å². The SMILES string of the molecule is CCCCCOC(=O)C(CCC(C)C)(C(=O)OCCCCC)c1ccccc1. The Kier molecular flexibility index (Phi) is 11.5. The lowest BCUT2D eigenvalue weighted by Gasteiger charge is -2.30. The van der Waals surface area contributed by atoms with Crippen molar-refractivity contribution >= 4 is 11.9 Å². The Bertz CT molecular complexity index is 541. The number of hydrogen-bond acceptors (Lipinski definition) is 4. The highest BCUT2D eigenvalue weighted by atomic mass is 16.6. The summed E-state index contributed by atoms with van der Waals surface area (Å²) in [5.74, 6) is -0.587. The van der Waals surface area contributed by atoms with Gasteiger partial charge in [0.1, 0.15) is 0 Å². The fourth-order valence-electron chi connectivity index (χ4n) is 3.18. The first kappa shape index (κ1) is 24.2. The molecule has 0 bridgehead atoms. The molecular weight excluding hydrogens is 352 g/mol. The number of rotatable bonds is 14. The van der Waals surface area contributed by atoms with Crippen molar-refractivity contribution < 1.29 is 19.1 Å². The molecule has 0 saturated heterocycles. The summed E-state index contributed by atoms with van der Waals surface area (Å²) in [4.78, 5) is 26.5. The van der Waals surface area contributed by atoms with E-state index >= 15 is 0 Å². The molecule has 0 heterocycles. The van der Waals surface area contributed by atoms with E-state index in [1.54, 1.807) is 0 Å². The highest BCUT2D eigenvalue weighted by molar-refractivity contribution is 6.06. The van der Waals surface area contributed by atoms with E-state index in [4.69, 9.17) is 9.47 Å². The van der Waals surface area contributed by atoms with Crippen LogP contribution in [-0.2, 0) is 24.5 Å². The zero-order valence-electron chi connectivity index (χ0n) is 18.2. The summed E-state index contributed by atoms with van der Waals surface area (Å²) in [6.45, 7) is 9.07. The number of esters is 2. The normalized spacial score (nSPS) is 11.5. The number of unbranched alkanes of at least 4 members (excludes halogenated alkanes) is 4. The number of hydrogen-bond donors (Lipinski definition) is 0. The molecule has 0 aromatic heterocycles. The molecule has 4 heteroatoms. The molecular formula is C24H38O4. The Hall–Kier alpha value is -1.84. The van der Waals surface area contributed by atoms with Crippen LogP contribution >= 0.6 is 0 Å². The Morgan fingerprint density at radius 2 is 1.36 bits per heavy atom. The first-order valence-corrected chi connectivity index (χ1v) is 10.9. The van der Waals surface area contributed by atoms with Crippen LogP contribution in [0.5, 0.6) is 0 Å². The number of ether oxygens (including phenoxy) is 2. The second-order valence-corrected chi connectivity index (χ2v) is 7.89. The summed E-state index contributed by atoms with van der Waals surface area (Å²) in [6, 6.07) is 9.26. The minimum Gasteiger partial charge on any atom is -0.465 e. The molecule has 0 spiro atoms. The molecule has 0 aliphatic rings. The van der Waals surface area contributed by atoms with Crippen molar-refractivity contribution in [3.05, 3.63) is 35.9 Å². The first-order chi connectivity index (χ1) is 13.5. The Balaban J connectivity index is 3.13. The molecule has 0 amide bonds. The van der Waals surface area contributed by atoms with Gasteiger partial charge in [0.15, 0.2) is 5.41 Å². The van der Waals surface area contributed by atoms with E-state index in [1.165, 1.54) is 0 Å². The molecule has 0 atom stereocenters. The van der Waals surface area contributed by atoms with Gasteiger partial charge in [-0.15, -0.1) is 0 Å². The molecule has 28 heavy (non-hydrogen) atoms. The van der Waals surface area contributed by atoms with Gasteiger partial charge in [-0.1, -0.05) is 83.7 Å². The van der Waals surface area contributed by atoms with Gasteiger partial charge in [-0.3, -0.25) is 9.59 Å². The minimum absolute atomic E-state index is 0.339. The van der Waals surface area contributed by atoms with Gasteiger partial charge >= 0.3 is 11.9 Å². The van der Waals surface area contributed by atoms with Crippen LogP contribution in [0.15, 0.2) is 30.3 Å². The molecule has 0 fully saturated rings. The van der Waals surface area contributed by atoms with Crippen LogP contribution in [0.1, 0.15) is 84.6 Å². The monoisotopic (exact) mass is 390 g/mol. The summed E-state index contributed by atoms with van der Waals surface area (Å²) in [7, 11) is 0. The van der Waals surface area contributed by atoms with E-state index in [1.807, 2.05) is 30.3 Å². The van der Waals surface area contributed by atoms with Crippen LogP contribution in [0.3, 0.4) is 0 Å². The van der Waals surface area contributed by atoms with Gasteiger partial charge in [0, 0.05) is 0 Å². The third kappa shape index (κ3) is 7.29. The van der Waals surface area contributed by atoms with Crippen molar-refractivity contribution in [1.29, 1.82) is 0 Å². The van der Waals surface area contributed by atoms with Crippen molar-refractivity contribution in [3.63, 3.8) is 0 Å². The summed E-state index contributed by atoms with van der Waals surface area (Å²) in [5.41, 5.74) is -0.721. The second kappa shape index (κ2) is 13.4. The van der Waals surface area contributed by atoms with E-state index < -0.39 is 17.4 Å². The van der Waals surface area contributed by atoms with Crippen molar-refractivity contribution in [2.45, 2.75) is 84.5 Å². The third-order valence-corrected chi connectivity index (χ3v) is 5.02. The topological polar surface area (TPSA) is 52.6 Å². The lowest BCUT2D eigenvalue weighted by Crippen LogP contribution is -2.46. The number of carbonyl (C=O) groups excluding carboxylic acids is 2. The first-order valence-electron chi connectivity index (χ1n) is 10.9. The average Bonchev–Trinajstić information content (AvgIpc) is 2.69. The minimum atomic E-state index is -1.38. The van der Waals surface area contributed by atoms with Gasteiger partial charge in [-0.05, 0) is 37.2 Å². The van der Waals surface area contributed by atoms with E-state index in [9.17, 15) is 9.59 Å². The Morgan fingerprint density at radius 3 is 1.79 bits per heavy atom. The molecule has 0 unspecified atom stereocenters. The molecule has 1 aromatic carbocycles. The fraction of sp³-hybridized carbons (Fsp3) is 0.667. The summed E-state index contributed by atoms with van der Waals surface area (Å²) in [6.07, 6.45) is 6.85. The Labute approximate surface area is 171 Å². The summed E-state index contributed by atoms with van der Waals surface area (Å²) in [5, 5.41) is 0. The quantitative estimate of drug-likeness (QED) is 0.228. The molecule has 0 aliphatic heterocycles. The summed E-state index contributed by atoms with van der Waals surface area (Å²) >= 11 is 0. The zero-order chi connectivity index (χ0) is 20.8. The predicted octanol–water partition coefficient (Wildman–Crippen LogP) is 5.83. The average molecular weight is 391 g/mol. The molecule has 158 valence electrons. The van der Waals surface area contributed by atoms with Gasteiger partial charge in [-0.2, -0.15) is 0 Å². The third-order valence-electron chi connectivity index (χ3n) is 5.02. The van der Waals surface area contributed by atoms with Gasteiger partial charge in [0.2, 0.25) is 0 Å². The molecule has 0 saturated carbocycles. The van der Waals surface area contributed by atoms with Crippen LogP contribution in [0, 0.1) is 5.92 Å². The van der Waals surface area contributed by atoms with E-state index in [2.05, 4.69) is 27.7 Å². The van der Waals surface area contributed by atoms with E-state index in [0.29, 0.717) is 31.1 Å². The van der Waals surface area contributed by atoms with Crippen molar-refractivity contribution in [2.24, 2.45) is 5.92 Å². The maximum Gasteiger partial charge on any atom is 0.328 e. The standard InChI is InChI=1S/C24H38O4/c1-5-7-12-18-27-22(25)24(17-16-20(3)4,21-14-10-9-11-15-21)23(26)28-19-13-8-6-2/h9-11,14-15,20H,5-8,12-13,16-19H2,1-4H3. The molecule has 0 N–H and O–H groups in total. The van der Waals surface area contributed by atoms with Crippen molar-refractivity contribution in [2.75, 3.05) is 13.2 Å². The van der Waals surface area contributed by atoms with Crippen LogP contribution in [-0.4, -0.2) is 25.2 Å². The molecule has 0 aliphatic carbocycles. The predicted molar refractivity (Wildman–Crippen MR) is 113 cm³/mol. The summed E-state index contributed by atoms with van der Waals surface area (Å²) < 4.78 is 11.2. The molecule has 1 rings (SSSR count). The molecule has 1 aromatic rings. The number of benzene rings is 1. The lowest BCUT2D eigenvalue weighted by atomic mass is 9.75. The lowest BCUT2D eigenvalue weighted by molar-refractivity contribution is -0.166. The van der Waals surface area contributed by atoms with Crippen LogP contribution in [0.4, 0.5) is 0 Å². The largest absolute Gasteiger partial charge is 0.465 e. The zero-order valence-corrected chi connectivity index (χ0v) is 18.2. The van der Waals surface area contributed by atoms with Crippen LogP contribution in [0.25, 0.3) is 0 Å². The molecule has 4 nitrogen and oxygen atoms in total. The van der Waals surface area contributed by atoms with Gasteiger partial charge in [0.25, 0.3) is 0 Å². The second-order valence-electron chi connectivity index (χ2n) is 7.89. The number of carbonyl (C=O) groups is 2. The van der Waals surface area contributed by atoms with E-state index in [-0.39, 0.29) is 0 Å². The van der Waals surface area contributed by atoms with Crippen molar-refractivity contribution in [1.82, 2.24) is 0 Å². The van der Waals surface area contributed by atoms with Gasteiger partial charge in [-0.25, -0.2) is 0 Å². The van der Waals surface area contributed by atoms with Gasteiger partial charge < -0.3 is 9.47 Å². The Morgan fingerprint density at radius 1 is 0.857 bits per heavy atom. The fourth-order valence-corrected chi connectivity index (χ4v) is 3.18. The maximum atomic E-state index is 13.2. The highest BCUT2D eigenvalue weighted by Crippen LogP contribution is 2.34. The molecule has 0 radical (unpaired) electrons. The van der Waals surface area contributed by atoms with Crippen molar-refractivity contribution in [3.8, 4) is 0 Å². The van der Waals surface area contributed by atoms with Crippen LogP contribution < -0.4 is 0 Å². The highest BCUT2D eigenvalue weighted by Gasteiger charge is 2.50.